The third-order valence-corrected chi connectivity index (χ3v) is 2.29. The third-order valence-electron chi connectivity index (χ3n) is 1.68. The second kappa shape index (κ2) is 4.35. The zero-order chi connectivity index (χ0) is 9.84. The Morgan fingerprint density at radius 2 is 2.31 bits per heavy atom. The predicted molar refractivity (Wildman–Crippen MR) is 51.3 cm³/mol. The Labute approximate surface area is 84.3 Å². The zero-order valence-electron chi connectivity index (χ0n) is 6.80. The van der Waals surface area contributed by atoms with Crippen LogP contribution in [0.5, 0.6) is 0 Å². The van der Waals surface area contributed by atoms with E-state index in [0.29, 0.717) is 4.47 Å². The summed E-state index contributed by atoms with van der Waals surface area (Å²) in [5.74, 6) is -0.326. The molecular formula is C9H8BrFN2. The summed E-state index contributed by atoms with van der Waals surface area (Å²) in [7, 11) is 0. The van der Waals surface area contributed by atoms with Crippen molar-refractivity contribution in [2.45, 2.75) is 12.5 Å². The molecule has 0 heterocycles. The fraction of sp³-hybridized carbons (Fsp3) is 0.222. The third kappa shape index (κ3) is 2.51. The number of benzene rings is 1. The lowest BCUT2D eigenvalue weighted by Crippen LogP contribution is -2.09. The predicted octanol–water partition coefficient (Wildman–Crippen LogP) is 2.50. The van der Waals surface area contributed by atoms with Gasteiger partial charge in [-0.05, 0) is 33.6 Å². The molecule has 1 aromatic rings. The normalized spacial score (nSPS) is 12.2. The summed E-state index contributed by atoms with van der Waals surface area (Å²) >= 11 is 3.05. The molecule has 1 atom stereocenters. The minimum atomic E-state index is -0.345. The molecule has 0 saturated heterocycles. The van der Waals surface area contributed by atoms with Gasteiger partial charge in [0, 0.05) is 6.04 Å². The Hall–Kier alpha value is -0.920. The van der Waals surface area contributed by atoms with Gasteiger partial charge in [-0.25, -0.2) is 4.39 Å². The Balaban J connectivity index is 2.91. The first-order valence-electron chi connectivity index (χ1n) is 3.72. The summed E-state index contributed by atoms with van der Waals surface area (Å²) in [6.07, 6.45) is 0.234. The van der Waals surface area contributed by atoms with Crippen molar-refractivity contribution in [1.29, 1.82) is 5.26 Å². The molecule has 1 aromatic carbocycles. The van der Waals surface area contributed by atoms with E-state index in [2.05, 4.69) is 15.9 Å². The maximum absolute atomic E-state index is 12.8. The van der Waals surface area contributed by atoms with Crippen molar-refractivity contribution in [3.05, 3.63) is 34.1 Å². The van der Waals surface area contributed by atoms with Crippen molar-refractivity contribution in [1.82, 2.24) is 0 Å². The highest BCUT2D eigenvalue weighted by molar-refractivity contribution is 9.10. The lowest BCUT2D eigenvalue weighted by Gasteiger charge is -2.07. The summed E-state index contributed by atoms with van der Waals surface area (Å²) in [4.78, 5) is 0. The van der Waals surface area contributed by atoms with Gasteiger partial charge in [0.2, 0.25) is 0 Å². The summed E-state index contributed by atoms with van der Waals surface area (Å²) in [6.45, 7) is 0. The van der Waals surface area contributed by atoms with E-state index in [1.165, 1.54) is 6.07 Å². The molecule has 2 N–H and O–H groups in total. The van der Waals surface area contributed by atoms with Crippen LogP contribution in [-0.2, 0) is 0 Å². The van der Waals surface area contributed by atoms with Gasteiger partial charge >= 0.3 is 0 Å². The average Bonchev–Trinajstić information content (AvgIpc) is 2.10. The standard InChI is InChI=1S/C9H8BrFN2/c10-7-5-6(1-2-8(7)11)9(13)3-4-12/h1-2,5,9H,3,13H2/t9-/m1/s1. The molecule has 0 spiro atoms. The van der Waals surface area contributed by atoms with Crippen molar-refractivity contribution in [3.8, 4) is 6.07 Å². The highest BCUT2D eigenvalue weighted by atomic mass is 79.9. The van der Waals surface area contributed by atoms with Gasteiger partial charge < -0.3 is 5.73 Å². The summed E-state index contributed by atoms with van der Waals surface area (Å²) in [6, 6.07) is 6.13. The largest absolute Gasteiger partial charge is 0.323 e. The molecule has 0 aliphatic heterocycles. The average molecular weight is 243 g/mol. The molecule has 0 amide bonds. The minimum Gasteiger partial charge on any atom is -0.323 e. The molecule has 0 aliphatic rings. The van der Waals surface area contributed by atoms with Gasteiger partial charge in [-0.3, -0.25) is 0 Å². The zero-order valence-corrected chi connectivity index (χ0v) is 8.38. The number of hydrogen-bond acceptors (Lipinski definition) is 2. The molecule has 0 fully saturated rings. The molecule has 0 aliphatic carbocycles. The molecule has 1 rings (SSSR count). The van der Waals surface area contributed by atoms with Crippen molar-refractivity contribution in [2.24, 2.45) is 5.73 Å². The van der Waals surface area contributed by atoms with E-state index in [-0.39, 0.29) is 18.3 Å². The van der Waals surface area contributed by atoms with Crippen LogP contribution in [0.1, 0.15) is 18.0 Å². The van der Waals surface area contributed by atoms with Crippen LogP contribution in [0.15, 0.2) is 22.7 Å². The Morgan fingerprint density at radius 3 is 2.85 bits per heavy atom. The van der Waals surface area contributed by atoms with Crippen molar-refractivity contribution in [2.75, 3.05) is 0 Å². The maximum Gasteiger partial charge on any atom is 0.137 e. The fourth-order valence-electron chi connectivity index (χ4n) is 0.959. The Bertz CT molecular complexity index is 346. The molecule has 0 unspecified atom stereocenters. The smallest absolute Gasteiger partial charge is 0.137 e. The highest BCUT2D eigenvalue weighted by Crippen LogP contribution is 2.21. The number of hydrogen-bond donors (Lipinski definition) is 1. The van der Waals surface area contributed by atoms with Crippen molar-refractivity contribution in [3.63, 3.8) is 0 Å². The van der Waals surface area contributed by atoms with E-state index in [4.69, 9.17) is 11.0 Å². The molecule has 68 valence electrons. The van der Waals surface area contributed by atoms with Crippen LogP contribution in [0.2, 0.25) is 0 Å². The molecule has 13 heavy (non-hydrogen) atoms. The molecule has 2 nitrogen and oxygen atoms in total. The monoisotopic (exact) mass is 242 g/mol. The first-order valence-corrected chi connectivity index (χ1v) is 4.52. The van der Waals surface area contributed by atoms with E-state index in [1.54, 1.807) is 12.1 Å². The number of nitrogens with two attached hydrogens (primary N) is 1. The number of rotatable bonds is 2. The number of nitrogens with zero attached hydrogens (tertiary/aromatic N) is 1. The van der Waals surface area contributed by atoms with Crippen molar-refractivity contribution < 1.29 is 4.39 Å². The first-order chi connectivity index (χ1) is 6.15. The Kier molecular flexibility index (Phi) is 3.40. The van der Waals surface area contributed by atoms with Gasteiger partial charge in [0.05, 0.1) is 17.0 Å². The molecule has 0 radical (unpaired) electrons. The number of nitriles is 1. The summed E-state index contributed by atoms with van der Waals surface area (Å²) in [5.41, 5.74) is 6.42. The van der Waals surface area contributed by atoms with Crippen LogP contribution in [0.4, 0.5) is 4.39 Å². The Morgan fingerprint density at radius 1 is 1.62 bits per heavy atom. The number of halogens is 2. The second-order valence-electron chi connectivity index (χ2n) is 2.64. The van der Waals surface area contributed by atoms with Crippen LogP contribution in [-0.4, -0.2) is 0 Å². The summed E-state index contributed by atoms with van der Waals surface area (Å²) in [5, 5.41) is 8.41. The lowest BCUT2D eigenvalue weighted by atomic mass is 10.1. The molecule has 4 heteroatoms. The first kappa shape index (κ1) is 10.2. The minimum absolute atomic E-state index is 0.234. The topological polar surface area (TPSA) is 49.8 Å². The highest BCUT2D eigenvalue weighted by Gasteiger charge is 2.07. The van der Waals surface area contributed by atoms with Gasteiger partial charge in [-0.2, -0.15) is 5.26 Å². The second-order valence-corrected chi connectivity index (χ2v) is 3.50. The molecule has 0 aromatic heterocycles. The van der Waals surface area contributed by atoms with Gasteiger partial charge in [-0.15, -0.1) is 0 Å². The fourth-order valence-corrected chi connectivity index (χ4v) is 1.36. The SMILES string of the molecule is N#CC[C@@H](N)c1ccc(F)c(Br)c1. The van der Waals surface area contributed by atoms with Crippen LogP contribution in [0, 0.1) is 17.1 Å². The van der Waals surface area contributed by atoms with Gasteiger partial charge in [-0.1, -0.05) is 6.07 Å². The van der Waals surface area contributed by atoms with Gasteiger partial charge in [0.25, 0.3) is 0 Å². The maximum atomic E-state index is 12.8. The van der Waals surface area contributed by atoms with Gasteiger partial charge in [0.15, 0.2) is 0 Å². The van der Waals surface area contributed by atoms with Crippen molar-refractivity contribution >= 4 is 15.9 Å². The van der Waals surface area contributed by atoms with Gasteiger partial charge in [0.1, 0.15) is 5.82 Å². The molecule has 0 saturated carbocycles. The van der Waals surface area contributed by atoms with Crippen LogP contribution < -0.4 is 5.73 Å². The van der Waals surface area contributed by atoms with E-state index in [1.807, 2.05) is 6.07 Å². The van der Waals surface area contributed by atoms with E-state index < -0.39 is 0 Å². The quantitative estimate of drug-likeness (QED) is 0.867. The van der Waals surface area contributed by atoms with E-state index in [0.717, 1.165) is 5.56 Å². The lowest BCUT2D eigenvalue weighted by molar-refractivity contribution is 0.618. The molecule has 0 bridgehead atoms. The van der Waals surface area contributed by atoms with E-state index >= 15 is 0 Å². The van der Waals surface area contributed by atoms with E-state index in [9.17, 15) is 4.39 Å². The van der Waals surface area contributed by atoms with Crippen LogP contribution >= 0.6 is 15.9 Å². The van der Waals surface area contributed by atoms with Crippen LogP contribution in [0.25, 0.3) is 0 Å². The molecular weight excluding hydrogens is 235 g/mol. The van der Waals surface area contributed by atoms with Crippen LogP contribution in [0.3, 0.4) is 0 Å². The summed E-state index contributed by atoms with van der Waals surface area (Å²) < 4.78 is 13.2.